The number of nitrogens with one attached hydrogen (secondary N) is 2. The Labute approximate surface area is 123 Å². The van der Waals surface area contributed by atoms with Crippen molar-refractivity contribution in [3.8, 4) is 0 Å². The first-order valence-corrected chi connectivity index (χ1v) is 6.98. The molecule has 0 radical (unpaired) electrons. The predicted octanol–water partition coefficient (Wildman–Crippen LogP) is 3.47. The van der Waals surface area contributed by atoms with E-state index in [1.54, 1.807) is 0 Å². The molecular formula is C15H21FN2O3. The van der Waals surface area contributed by atoms with Gasteiger partial charge in [-0.1, -0.05) is 26.7 Å². The zero-order valence-corrected chi connectivity index (χ0v) is 12.3. The highest BCUT2D eigenvalue weighted by Crippen LogP contribution is 2.14. The molecule has 0 aliphatic carbocycles. The van der Waals surface area contributed by atoms with Crippen LogP contribution in [0.3, 0.4) is 0 Å². The predicted molar refractivity (Wildman–Crippen MR) is 79.1 cm³/mol. The van der Waals surface area contributed by atoms with Gasteiger partial charge < -0.3 is 15.7 Å². The molecular weight excluding hydrogens is 275 g/mol. The highest BCUT2D eigenvalue weighted by atomic mass is 19.1. The fraction of sp³-hybridized carbons (Fsp3) is 0.467. The second-order valence-corrected chi connectivity index (χ2v) is 5.27. The normalized spacial score (nSPS) is 10.5. The molecule has 0 aliphatic rings. The zero-order valence-electron chi connectivity index (χ0n) is 12.3. The van der Waals surface area contributed by atoms with Gasteiger partial charge in [0, 0.05) is 12.2 Å². The molecule has 21 heavy (non-hydrogen) atoms. The molecule has 0 saturated heterocycles. The summed E-state index contributed by atoms with van der Waals surface area (Å²) >= 11 is 0. The summed E-state index contributed by atoms with van der Waals surface area (Å²) in [6.45, 7) is 4.84. The van der Waals surface area contributed by atoms with E-state index in [2.05, 4.69) is 24.5 Å². The Bertz CT molecular complexity index is 504. The molecule has 0 fully saturated rings. The highest BCUT2D eigenvalue weighted by Gasteiger charge is 2.11. The van der Waals surface area contributed by atoms with E-state index in [0.717, 1.165) is 31.4 Å². The van der Waals surface area contributed by atoms with Gasteiger partial charge in [-0.15, -0.1) is 0 Å². The van der Waals surface area contributed by atoms with Crippen molar-refractivity contribution in [1.82, 2.24) is 5.32 Å². The number of urea groups is 1. The molecule has 0 aromatic heterocycles. The van der Waals surface area contributed by atoms with Gasteiger partial charge in [0.05, 0.1) is 5.56 Å². The number of carbonyl (C=O) groups is 2. The lowest BCUT2D eigenvalue weighted by Crippen LogP contribution is -2.29. The van der Waals surface area contributed by atoms with E-state index in [-0.39, 0.29) is 5.69 Å². The van der Waals surface area contributed by atoms with Crippen LogP contribution in [0.2, 0.25) is 0 Å². The van der Waals surface area contributed by atoms with Crippen LogP contribution < -0.4 is 10.6 Å². The van der Waals surface area contributed by atoms with Gasteiger partial charge in [0.2, 0.25) is 0 Å². The molecule has 0 spiro atoms. The van der Waals surface area contributed by atoms with Gasteiger partial charge >= 0.3 is 12.0 Å². The summed E-state index contributed by atoms with van der Waals surface area (Å²) in [5.74, 6) is -1.56. The van der Waals surface area contributed by atoms with Crippen molar-refractivity contribution < 1.29 is 19.1 Å². The van der Waals surface area contributed by atoms with Gasteiger partial charge in [0.25, 0.3) is 0 Å². The maximum absolute atomic E-state index is 13.2. The Hall–Kier alpha value is -2.11. The largest absolute Gasteiger partial charge is 0.478 e. The van der Waals surface area contributed by atoms with E-state index in [4.69, 9.17) is 5.11 Å². The zero-order chi connectivity index (χ0) is 15.8. The fourth-order valence-corrected chi connectivity index (χ4v) is 1.82. The van der Waals surface area contributed by atoms with Crippen molar-refractivity contribution in [2.45, 2.75) is 33.1 Å². The van der Waals surface area contributed by atoms with E-state index in [1.807, 2.05) is 0 Å². The molecule has 0 saturated carbocycles. The van der Waals surface area contributed by atoms with Gasteiger partial charge in [-0.2, -0.15) is 0 Å². The minimum atomic E-state index is -1.37. The van der Waals surface area contributed by atoms with Crippen LogP contribution in [0, 0.1) is 11.7 Å². The Morgan fingerprint density at radius 2 is 2.00 bits per heavy atom. The van der Waals surface area contributed by atoms with Gasteiger partial charge in [0.1, 0.15) is 5.82 Å². The number of carbonyl (C=O) groups excluding carboxylic acids is 1. The lowest BCUT2D eigenvalue weighted by molar-refractivity contribution is 0.0692. The number of unbranched alkanes of at least 4 members (excludes halogenated alkanes) is 1. The van der Waals surface area contributed by atoms with Crippen molar-refractivity contribution >= 4 is 17.7 Å². The van der Waals surface area contributed by atoms with E-state index >= 15 is 0 Å². The number of carboxylic acids is 1. The number of benzene rings is 1. The number of carboxylic acid groups (broad SMARTS) is 1. The summed E-state index contributed by atoms with van der Waals surface area (Å²) in [6, 6.07) is 3.00. The molecule has 0 bridgehead atoms. The molecule has 2 amide bonds. The first-order valence-electron chi connectivity index (χ1n) is 6.98. The first-order chi connectivity index (χ1) is 9.90. The topological polar surface area (TPSA) is 78.4 Å². The van der Waals surface area contributed by atoms with Gasteiger partial charge in [0.15, 0.2) is 0 Å². The van der Waals surface area contributed by atoms with Gasteiger partial charge in [-0.3, -0.25) is 0 Å². The monoisotopic (exact) mass is 296 g/mol. The maximum Gasteiger partial charge on any atom is 0.338 e. The first kappa shape index (κ1) is 16.9. The van der Waals surface area contributed by atoms with Crippen molar-refractivity contribution in [1.29, 1.82) is 0 Å². The summed E-state index contributed by atoms with van der Waals surface area (Å²) in [7, 11) is 0. The molecule has 116 valence electrons. The minimum absolute atomic E-state index is 0.244. The maximum atomic E-state index is 13.2. The summed E-state index contributed by atoms with van der Waals surface area (Å²) in [6.07, 6.45) is 3.04. The molecule has 1 rings (SSSR count). The van der Waals surface area contributed by atoms with Gasteiger partial charge in [-0.25, -0.2) is 14.0 Å². The lowest BCUT2D eigenvalue weighted by atomic mass is 10.1. The van der Waals surface area contributed by atoms with E-state index < -0.39 is 23.4 Å². The molecule has 0 heterocycles. The van der Waals surface area contributed by atoms with Crippen molar-refractivity contribution in [2.24, 2.45) is 5.92 Å². The molecule has 1 aromatic rings. The van der Waals surface area contributed by atoms with Gasteiger partial charge in [-0.05, 0) is 30.5 Å². The second-order valence-electron chi connectivity index (χ2n) is 5.27. The standard InChI is InChI=1S/C15H21FN2O3/c1-10(2)5-3-4-8-17-15(21)18-11-6-7-13(16)12(9-11)14(19)20/h6-7,9-10H,3-5,8H2,1-2H3,(H,19,20)(H2,17,18,21). The molecule has 0 aliphatic heterocycles. The Morgan fingerprint density at radius 3 is 2.62 bits per heavy atom. The van der Waals surface area contributed by atoms with Crippen LogP contribution in [0.1, 0.15) is 43.5 Å². The van der Waals surface area contributed by atoms with Crippen molar-refractivity contribution in [3.63, 3.8) is 0 Å². The van der Waals surface area contributed by atoms with Crippen LogP contribution in [-0.4, -0.2) is 23.7 Å². The van der Waals surface area contributed by atoms with E-state index in [0.29, 0.717) is 12.5 Å². The number of rotatable bonds is 7. The molecule has 1 aromatic carbocycles. The Balaban J connectivity index is 2.41. The molecule has 6 heteroatoms. The summed E-state index contributed by atoms with van der Waals surface area (Å²) in [5.41, 5.74) is -0.224. The van der Waals surface area contributed by atoms with Crippen molar-refractivity contribution in [2.75, 3.05) is 11.9 Å². The quantitative estimate of drug-likeness (QED) is 0.674. The van der Waals surface area contributed by atoms with Crippen LogP contribution in [0.15, 0.2) is 18.2 Å². The summed E-state index contributed by atoms with van der Waals surface area (Å²) < 4.78 is 13.2. The molecule has 5 nitrogen and oxygen atoms in total. The molecule has 0 unspecified atom stereocenters. The number of hydrogen-bond acceptors (Lipinski definition) is 2. The molecule has 0 atom stereocenters. The van der Waals surface area contributed by atoms with Crippen LogP contribution in [0.25, 0.3) is 0 Å². The number of anilines is 1. The third-order valence-electron chi connectivity index (χ3n) is 2.95. The average Bonchev–Trinajstić information content (AvgIpc) is 2.40. The van der Waals surface area contributed by atoms with Crippen LogP contribution in [-0.2, 0) is 0 Å². The number of amides is 2. The van der Waals surface area contributed by atoms with E-state index in [1.165, 1.54) is 6.07 Å². The Morgan fingerprint density at radius 1 is 1.29 bits per heavy atom. The number of halogens is 1. The summed E-state index contributed by atoms with van der Waals surface area (Å²) in [5, 5.41) is 14.0. The second kappa shape index (κ2) is 8.24. The highest BCUT2D eigenvalue weighted by molar-refractivity contribution is 5.93. The van der Waals surface area contributed by atoms with Crippen LogP contribution in [0.4, 0.5) is 14.9 Å². The smallest absolute Gasteiger partial charge is 0.338 e. The third-order valence-corrected chi connectivity index (χ3v) is 2.95. The number of aromatic carboxylic acids is 1. The third kappa shape index (κ3) is 6.25. The van der Waals surface area contributed by atoms with Crippen LogP contribution >= 0.6 is 0 Å². The summed E-state index contributed by atoms with van der Waals surface area (Å²) in [4.78, 5) is 22.4. The average molecular weight is 296 g/mol. The van der Waals surface area contributed by atoms with Crippen molar-refractivity contribution in [3.05, 3.63) is 29.6 Å². The minimum Gasteiger partial charge on any atom is -0.478 e. The Kier molecular flexibility index (Phi) is 6.65. The fourth-order valence-electron chi connectivity index (χ4n) is 1.82. The van der Waals surface area contributed by atoms with Crippen LogP contribution in [0.5, 0.6) is 0 Å². The lowest BCUT2D eigenvalue weighted by Gasteiger charge is -2.09. The number of hydrogen-bond donors (Lipinski definition) is 3. The SMILES string of the molecule is CC(C)CCCCNC(=O)Nc1ccc(F)c(C(=O)O)c1. The van der Waals surface area contributed by atoms with E-state index in [9.17, 15) is 14.0 Å². The molecule has 3 N–H and O–H groups in total.